The lowest BCUT2D eigenvalue weighted by atomic mass is 9.87. The standard InChI is InChI=1S/C13H26BrNO/c1-6-11(7-2)15(10-9-14)12(16)13(4,5)8-3/h11H,6-10H2,1-5H3. The molecule has 0 aromatic rings. The summed E-state index contributed by atoms with van der Waals surface area (Å²) in [4.78, 5) is 14.5. The maximum atomic E-state index is 12.5. The van der Waals surface area contributed by atoms with Crippen LogP contribution in [-0.4, -0.2) is 28.7 Å². The van der Waals surface area contributed by atoms with Crippen LogP contribution in [0.1, 0.15) is 53.9 Å². The first kappa shape index (κ1) is 16.0. The third-order valence-electron chi connectivity index (χ3n) is 3.43. The molecule has 96 valence electrons. The minimum absolute atomic E-state index is 0.231. The van der Waals surface area contributed by atoms with Crippen LogP contribution >= 0.6 is 15.9 Å². The Morgan fingerprint density at radius 1 is 1.25 bits per heavy atom. The number of alkyl halides is 1. The van der Waals surface area contributed by atoms with Crippen molar-refractivity contribution in [2.75, 3.05) is 11.9 Å². The average molecular weight is 292 g/mol. The lowest BCUT2D eigenvalue weighted by molar-refractivity contribution is -0.142. The van der Waals surface area contributed by atoms with Gasteiger partial charge in [-0.05, 0) is 19.3 Å². The molecule has 0 aliphatic heterocycles. The van der Waals surface area contributed by atoms with Crippen molar-refractivity contribution in [2.45, 2.75) is 59.9 Å². The second kappa shape index (κ2) is 7.31. The van der Waals surface area contributed by atoms with Crippen molar-refractivity contribution < 1.29 is 4.79 Å². The molecular weight excluding hydrogens is 266 g/mol. The molecule has 0 spiro atoms. The molecular formula is C13H26BrNO. The van der Waals surface area contributed by atoms with Crippen molar-refractivity contribution in [3.8, 4) is 0 Å². The van der Waals surface area contributed by atoms with Crippen LogP contribution in [0.3, 0.4) is 0 Å². The maximum Gasteiger partial charge on any atom is 0.228 e. The molecule has 16 heavy (non-hydrogen) atoms. The first-order valence-electron chi connectivity index (χ1n) is 6.31. The highest BCUT2D eigenvalue weighted by Gasteiger charge is 2.32. The Morgan fingerprint density at radius 3 is 2.06 bits per heavy atom. The molecule has 0 saturated heterocycles. The van der Waals surface area contributed by atoms with Crippen molar-refractivity contribution in [1.29, 1.82) is 0 Å². The van der Waals surface area contributed by atoms with Crippen LogP contribution in [-0.2, 0) is 4.79 Å². The largest absolute Gasteiger partial charge is 0.338 e. The smallest absolute Gasteiger partial charge is 0.228 e. The Bertz CT molecular complexity index is 212. The van der Waals surface area contributed by atoms with Crippen LogP contribution in [0.4, 0.5) is 0 Å². The van der Waals surface area contributed by atoms with E-state index in [9.17, 15) is 4.79 Å². The number of amides is 1. The van der Waals surface area contributed by atoms with Crippen molar-refractivity contribution in [3.63, 3.8) is 0 Å². The maximum absolute atomic E-state index is 12.5. The van der Waals surface area contributed by atoms with E-state index in [1.54, 1.807) is 0 Å². The molecule has 0 atom stereocenters. The quantitative estimate of drug-likeness (QED) is 0.653. The second-order valence-corrected chi connectivity index (χ2v) is 5.69. The molecule has 0 aliphatic carbocycles. The molecule has 0 bridgehead atoms. The molecule has 3 heteroatoms. The van der Waals surface area contributed by atoms with Crippen LogP contribution in [0.5, 0.6) is 0 Å². The number of carbonyl (C=O) groups is 1. The fourth-order valence-electron chi connectivity index (χ4n) is 1.81. The van der Waals surface area contributed by atoms with Gasteiger partial charge in [-0.1, -0.05) is 50.5 Å². The summed E-state index contributed by atoms with van der Waals surface area (Å²) in [6.45, 7) is 11.3. The predicted molar refractivity (Wildman–Crippen MR) is 73.9 cm³/mol. The normalized spacial score (nSPS) is 11.9. The van der Waals surface area contributed by atoms with Gasteiger partial charge in [0.25, 0.3) is 0 Å². The van der Waals surface area contributed by atoms with Crippen molar-refractivity contribution >= 4 is 21.8 Å². The SMILES string of the molecule is CCC(CC)N(CCBr)C(=O)C(C)(C)CC. The highest BCUT2D eigenvalue weighted by Crippen LogP contribution is 2.25. The monoisotopic (exact) mass is 291 g/mol. The third kappa shape index (κ3) is 4.08. The number of halogens is 1. The molecule has 0 aliphatic rings. The Morgan fingerprint density at radius 2 is 1.75 bits per heavy atom. The molecule has 0 heterocycles. The first-order valence-corrected chi connectivity index (χ1v) is 7.43. The minimum atomic E-state index is -0.231. The van der Waals surface area contributed by atoms with Crippen LogP contribution in [0.2, 0.25) is 0 Å². The summed E-state index contributed by atoms with van der Waals surface area (Å²) in [6.07, 6.45) is 2.97. The molecule has 0 rings (SSSR count). The van der Waals surface area contributed by atoms with Crippen LogP contribution in [0, 0.1) is 5.41 Å². The van der Waals surface area contributed by atoms with Gasteiger partial charge in [0.05, 0.1) is 0 Å². The third-order valence-corrected chi connectivity index (χ3v) is 3.79. The Balaban J connectivity index is 4.83. The van der Waals surface area contributed by atoms with Crippen LogP contribution < -0.4 is 0 Å². The van der Waals surface area contributed by atoms with Gasteiger partial charge in [0.15, 0.2) is 0 Å². The van der Waals surface area contributed by atoms with Gasteiger partial charge in [0, 0.05) is 23.3 Å². The van der Waals surface area contributed by atoms with E-state index in [0.717, 1.165) is 31.1 Å². The predicted octanol–water partition coefficient (Wildman–Crippen LogP) is 3.83. The summed E-state index contributed by atoms with van der Waals surface area (Å²) < 4.78 is 0. The highest BCUT2D eigenvalue weighted by molar-refractivity contribution is 9.09. The van der Waals surface area contributed by atoms with E-state index in [0.29, 0.717) is 11.9 Å². The van der Waals surface area contributed by atoms with E-state index >= 15 is 0 Å². The van der Waals surface area contributed by atoms with E-state index in [1.165, 1.54) is 0 Å². The van der Waals surface area contributed by atoms with Gasteiger partial charge in [0.2, 0.25) is 5.91 Å². The zero-order chi connectivity index (χ0) is 12.8. The summed E-state index contributed by atoms with van der Waals surface area (Å²) in [5.41, 5.74) is -0.231. The molecule has 0 aromatic heterocycles. The number of nitrogens with zero attached hydrogens (tertiary/aromatic N) is 1. The fraction of sp³-hybridized carbons (Fsp3) is 0.923. The molecule has 0 fully saturated rings. The average Bonchev–Trinajstić information content (AvgIpc) is 2.28. The number of rotatable bonds is 7. The lowest BCUT2D eigenvalue weighted by Crippen LogP contribution is -2.47. The van der Waals surface area contributed by atoms with E-state index in [1.807, 2.05) is 13.8 Å². The molecule has 0 saturated carbocycles. The summed E-state index contributed by atoms with van der Waals surface area (Å²) >= 11 is 3.44. The lowest BCUT2D eigenvalue weighted by Gasteiger charge is -2.36. The van der Waals surface area contributed by atoms with E-state index in [2.05, 4.69) is 41.6 Å². The van der Waals surface area contributed by atoms with Crippen molar-refractivity contribution in [3.05, 3.63) is 0 Å². The van der Waals surface area contributed by atoms with E-state index in [-0.39, 0.29) is 5.41 Å². The number of hydrogen-bond donors (Lipinski definition) is 0. The van der Waals surface area contributed by atoms with Crippen molar-refractivity contribution in [2.24, 2.45) is 5.41 Å². The van der Waals surface area contributed by atoms with E-state index in [4.69, 9.17) is 0 Å². The number of hydrogen-bond acceptors (Lipinski definition) is 1. The number of carbonyl (C=O) groups excluding carboxylic acids is 1. The summed E-state index contributed by atoms with van der Waals surface area (Å²) in [6, 6.07) is 0.385. The van der Waals surface area contributed by atoms with Crippen LogP contribution in [0.25, 0.3) is 0 Å². The van der Waals surface area contributed by atoms with Gasteiger partial charge < -0.3 is 4.90 Å². The Hall–Kier alpha value is -0.0500. The topological polar surface area (TPSA) is 20.3 Å². The summed E-state index contributed by atoms with van der Waals surface area (Å²) in [5.74, 6) is 0.295. The Labute approximate surface area is 109 Å². The summed E-state index contributed by atoms with van der Waals surface area (Å²) in [7, 11) is 0. The molecule has 1 amide bonds. The fourth-order valence-corrected chi connectivity index (χ4v) is 2.19. The van der Waals surface area contributed by atoms with Gasteiger partial charge in [-0.3, -0.25) is 4.79 Å². The van der Waals surface area contributed by atoms with Crippen LogP contribution in [0.15, 0.2) is 0 Å². The zero-order valence-electron chi connectivity index (χ0n) is 11.3. The zero-order valence-corrected chi connectivity index (χ0v) is 12.9. The molecule has 0 radical (unpaired) electrons. The molecule has 0 aromatic carbocycles. The first-order chi connectivity index (χ1) is 7.44. The molecule has 0 N–H and O–H groups in total. The summed E-state index contributed by atoms with van der Waals surface area (Å²) in [5, 5.41) is 0.856. The minimum Gasteiger partial charge on any atom is -0.338 e. The Kier molecular flexibility index (Phi) is 7.29. The van der Waals surface area contributed by atoms with Gasteiger partial charge in [0.1, 0.15) is 0 Å². The van der Waals surface area contributed by atoms with Gasteiger partial charge in [-0.2, -0.15) is 0 Å². The van der Waals surface area contributed by atoms with E-state index < -0.39 is 0 Å². The van der Waals surface area contributed by atoms with Crippen molar-refractivity contribution in [1.82, 2.24) is 4.90 Å². The van der Waals surface area contributed by atoms with Gasteiger partial charge in [-0.25, -0.2) is 0 Å². The second-order valence-electron chi connectivity index (χ2n) is 4.90. The van der Waals surface area contributed by atoms with Gasteiger partial charge in [-0.15, -0.1) is 0 Å². The van der Waals surface area contributed by atoms with Gasteiger partial charge >= 0.3 is 0 Å². The highest BCUT2D eigenvalue weighted by atomic mass is 79.9. The molecule has 0 unspecified atom stereocenters. The molecule has 2 nitrogen and oxygen atoms in total.